The van der Waals surface area contributed by atoms with Gasteiger partial charge >= 0.3 is 12.1 Å². The summed E-state index contributed by atoms with van der Waals surface area (Å²) in [5.41, 5.74) is -0.615. The number of alkyl halides is 3. The first-order chi connectivity index (χ1) is 15.6. The van der Waals surface area contributed by atoms with Crippen LogP contribution < -0.4 is 14.9 Å². The predicted molar refractivity (Wildman–Crippen MR) is 110 cm³/mol. The van der Waals surface area contributed by atoms with Gasteiger partial charge in [-0.2, -0.15) is 13.2 Å². The molecule has 0 aliphatic heterocycles. The number of carbonyl (C=O) groups excluding carboxylic acids is 1. The monoisotopic (exact) mass is 458 g/mol. The number of esters is 1. The Hall–Kier alpha value is -4.14. The van der Waals surface area contributed by atoms with E-state index in [-0.39, 0.29) is 22.4 Å². The van der Waals surface area contributed by atoms with Crippen molar-refractivity contribution in [2.24, 2.45) is 0 Å². The number of carbonyl (C=O) groups is 1. The number of rotatable bonds is 4. The summed E-state index contributed by atoms with van der Waals surface area (Å²) >= 11 is 0. The highest BCUT2D eigenvalue weighted by molar-refractivity contribution is 5.91. The second kappa shape index (κ2) is 8.42. The van der Waals surface area contributed by atoms with Crippen LogP contribution in [0.1, 0.15) is 21.7 Å². The van der Waals surface area contributed by atoms with Gasteiger partial charge in [0.25, 0.3) is 5.76 Å². The molecule has 0 fully saturated rings. The van der Waals surface area contributed by atoms with E-state index in [0.717, 1.165) is 29.8 Å². The van der Waals surface area contributed by atoms with Gasteiger partial charge in [0.05, 0.1) is 10.9 Å². The normalized spacial score (nSPS) is 11.4. The molecule has 1 aromatic heterocycles. The van der Waals surface area contributed by atoms with Crippen molar-refractivity contribution in [1.82, 2.24) is 0 Å². The summed E-state index contributed by atoms with van der Waals surface area (Å²) in [4.78, 5) is 25.0. The molecule has 3 aromatic carbocycles. The van der Waals surface area contributed by atoms with Gasteiger partial charge in [0, 0.05) is 6.07 Å². The number of fused-ring (bicyclic) bond motifs is 1. The lowest BCUT2D eigenvalue weighted by molar-refractivity contribution is -0.154. The van der Waals surface area contributed by atoms with E-state index in [1.54, 1.807) is 19.1 Å². The molecule has 9 heteroatoms. The van der Waals surface area contributed by atoms with Crippen LogP contribution in [-0.2, 0) is 6.18 Å². The Bertz CT molecular complexity index is 1390. The third kappa shape index (κ3) is 4.72. The number of aryl methyl sites for hydroxylation is 1. The molecular formula is C24H14F4O5. The first kappa shape index (κ1) is 22.1. The molecule has 0 saturated carbocycles. The second-order valence-electron chi connectivity index (χ2n) is 7.06. The number of hydrogen-bond acceptors (Lipinski definition) is 5. The van der Waals surface area contributed by atoms with E-state index in [2.05, 4.69) is 0 Å². The van der Waals surface area contributed by atoms with E-state index < -0.39 is 40.5 Å². The molecule has 168 valence electrons. The summed E-state index contributed by atoms with van der Waals surface area (Å²) in [5.74, 6) is -4.19. The first-order valence-electron chi connectivity index (χ1n) is 9.52. The van der Waals surface area contributed by atoms with Gasteiger partial charge in [0.2, 0.25) is 11.2 Å². The lowest BCUT2D eigenvalue weighted by atomic mass is 10.2. The van der Waals surface area contributed by atoms with E-state index in [4.69, 9.17) is 13.9 Å². The van der Waals surface area contributed by atoms with Gasteiger partial charge in [0.1, 0.15) is 22.9 Å². The first-order valence-corrected chi connectivity index (χ1v) is 9.52. The van der Waals surface area contributed by atoms with Gasteiger partial charge < -0.3 is 13.9 Å². The van der Waals surface area contributed by atoms with Crippen molar-refractivity contribution in [3.05, 3.63) is 99.7 Å². The smallest absolute Gasteiger partial charge is 0.449 e. The fourth-order valence-electron chi connectivity index (χ4n) is 2.98. The van der Waals surface area contributed by atoms with Crippen LogP contribution in [0, 0.1) is 12.7 Å². The molecule has 0 radical (unpaired) electrons. The largest absolute Gasteiger partial charge is 0.453 e. The summed E-state index contributed by atoms with van der Waals surface area (Å²) in [6, 6.07) is 14.0. The van der Waals surface area contributed by atoms with Crippen molar-refractivity contribution in [1.29, 1.82) is 0 Å². The summed E-state index contributed by atoms with van der Waals surface area (Å²) in [6.07, 6.45) is -5.03. The standard InChI is InChI=1S/C24H14F4O5/c1-13-2-8-16(9-3-13)31-21-20(29)18-11-10-17(12-19(18)33-22(21)24(26,27)28)32-23(30)14-4-6-15(25)7-5-14/h2-12H,1H3. The molecule has 33 heavy (non-hydrogen) atoms. The minimum absolute atomic E-state index is 0.0239. The second-order valence-corrected chi connectivity index (χ2v) is 7.06. The zero-order chi connectivity index (χ0) is 23.8. The highest BCUT2D eigenvalue weighted by Gasteiger charge is 2.40. The summed E-state index contributed by atoms with van der Waals surface area (Å²) < 4.78 is 69.3. The molecule has 0 aliphatic carbocycles. The average molecular weight is 458 g/mol. The maximum absolute atomic E-state index is 13.7. The number of hydrogen-bond donors (Lipinski definition) is 0. The Kier molecular flexibility index (Phi) is 5.63. The van der Waals surface area contributed by atoms with Crippen LogP contribution in [0.5, 0.6) is 17.2 Å². The number of ether oxygens (including phenoxy) is 2. The maximum atomic E-state index is 13.7. The van der Waals surface area contributed by atoms with E-state index >= 15 is 0 Å². The molecule has 4 aromatic rings. The van der Waals surface area contributed by atoms with Crippen LogP contribution in [0.2, 0.25) is 0 Å². The number of halogens is 4. The van der Waals surface area contributed by atoms with E-state index in [1.807, 2.05) is 0 Å². The van der Waals surface area contributed by atoms with Crippen LogP contribution in [0.4, 0.5) is 17.6 Å². The Morgan fingerprint density at radius 3 is 2.18 bits per heavy atom. The van der Waals surface area contributed by atoms with E-state index in [9.17, 15) is 27.2 Å². The summed E-state index contributed by atoms with van der Waals surface area (Å²) in [7, 11) is 0. The van der Waals surface area contributed by atoms with Gasteiger partial charge in [-0.05, 0) is 55.5 Å². The number of benzene rings is 3. The quantitative estimate of drug-likeness (QED) is 0.205. The molecule has 1 heterocycles. The molecule has 4 rings (SSSR count). The minimum atomic E-state index is -5.03. The Morgan fingerprint density at radius 2 is 1.55 bits per heavy atom. The summed E-state index contributed by atoms with van der Waals surface area (Å²) in [5, 5.41) is -0.202. The van der Waals surface area contributed by atoms with Crippen LogP contribution in [0.25, 0.3) is 11.0 Å². The lowest BCUT2D eigenvalue weighted by Crippen LogP contribution is -2.15. The highest BCUT2D eigenvalue weighted by Crippen LogP contribution is 2.38. The Morgan fingerprint density at radius 1 is 0.909 bits per heavy atom. The van der Waals surface area contributed by atoms with Gasteiger partial charge in [0.15, 0.2) is 0 Å². The molecule has 0 amide bonds. The van der Waals surface area contributed by atoms with Crippen molar-refractivity contribution in [2.75, 3.05) is 0 Å². The van der Waals surface area contributed by atoms with Crippen LogP contribution in [0.15, 0.2) is 75.9 Å². The molecule has 0 N–H and O–H groups in total. The fraction of sp³-hybridized carbons (Fsp3) is 0.0833. The zero-order valence-electron chi connectivity index (χ0n) is 16.9. The molecule has 0 aliphatic rings. The topological polar surface area (TPSA) is 65.7 Å². The van der Waals surface area contributed by atoms with Crippen LogP contribution >= 0.6 is 0 Å². The lowest BCUT2D eigenvalue weighted by Gasteiger charge is -2.13. The van der Waals surface area contributed by atoms with Crippen molar-refractivity contribution >= 4 is 16.9 Å². The molecule has 5 nitrogen and oxygen atoms in total. The molecule has 0 bridgehead atoms. The van der Waals surface area contributed by atoms with Crippen LogP contribution in [0.3, 0.4) is 0 Å². The molecular weight excluding hydrogens is 444 g/mol. The van der Waals surface area contributed by atoms with Gasteiger partial charge in [-0.1, -0.05) is 17.7 Å². The Balaban J connectivity index is 1.74. The zero-order valence-corrected chi connectivity index (χ0v) is 16.9. The van der Waals surface area contributed by atoms with Gasteiger partial charge in [-0.15, -0.1) is 0 Å². The minimum Gasteiger partial charge on any atom is -0.449 e. The molecule has 0 saturated heterocycles. The highest BCUT2D eigenvalue weighted by atomic mass is 19.4. The average Bonchev–Trinajstić information content (AvgIpc) is 2.76. The third-order valence-corrected chi connectivity index (χ3v) is 4.61. The SMILES string of the molecule is Cc1ccc(Oc2c(C(F)(F)F)oc3cc(OC(=O)c4ccc(F)cc4)ccc3c2=O)cc1. The molecule has 0 unspecified atom stereocenters. The van der Waals surface area contributed by atoms with Crippen molar-refractivity contribution in [3.8, 4) is 17.2 Å². The van der Waals surface area contributed by atoms with Gasteiger partial charge in [-0.3, -0.25) is 4.79 Å². The van der Waals surface area contributed by atoms with Crippen molar-refractivity contribution in [3.63, 3.8) is 0 Å². The summed E-state index contributed by atoms with van der Waals surface area (Å²) in [6.45, 7) is 1.79. The van der Waals surface area contributed by atoms with Crippen molar-refractivity contribution in [2.45, 2.75) is 13.1 Å². The third-order valence-electron chi connectivity index (χ3n) is 4.61. The molecule has 0 spiro atoms. The fourth-order valence-corrected chi connectivity index (χ4v) is 2.98. The Labute approximate surface area is 183 Å². The molecule has 0 atom stereocenters. The van der Waals surface area contributed by atoms with Crippen LogP contribution in [-0.4, -0.2) is 5.97 Å². The maximum Gasteiger partial charge on any atom is 0.453 e. The van der Waals surface area contributed by atoms with Crippen molar-refractivity contribution < 1.29 is 36.2 Å². The van der Waals surface area contributed by atoms with Gasteiger partial charge in [-0.25, -0.2) is 9.18 Å². The van der Waals surface area contributed by atoms with E-state index in [0.29, 0.717) is 0 Å². The van der Waals surface area contributed by atoms with E-state index in [1.165, 1.54) is 30.3 Å². The predicted octanol–water partition coefficient (Wildman–Crippen LogP) is 6.27.